The maximum Gasteiger partial charge on any atom is 0.134 e. The van der Waals surface area contributed by atoms with Gasteiger partial charge in [-0.1, -0.05) is 17.7 Å². The quantitative estimate of drug-likeness (QED) is 0.609. The molecule has 0 spiro atoms. The van der Waals surface area contributed by atoms with Crippen LogP contribution in [-0.2, 0) is 7.05 Å². The van der Waals surface area contributed by atoms with E-state index in [1.54, 1.807) is 4.68 Å². The minimum absolute atomic E-state index is 0.699. The van der Waals surface area contributed by atoms with E-state index in [2.05, 4.69) is 5.10 Å². The zero-order valence-corrected chi connectivity index (χ0v) is 7.76. The zero-order valence-electron chi connectivity index (χ0n) is 7.00. The van der Waals surface area contributed by atoms with Crippen LogP contribution in [-0.4, -0.2) is 9.78 Å². The van der Waals surface area contributed by atoms with Crippen LogP contribution in [0.4, 0.5) is 0 Å². The maximum absolute atomic E-state index is 5.99. The molecule has 2 rings (SSSR count). The lowest BCUT2D eigenvalue weighted by Crippen LogP contribution is -1.87. The number of hydrogen-bond acceptors (Lipinski definition) is 1. The average Bonchev–Trinajstić information content (AvgIpc) is 2.28. The van der Waals surface area contributed by atoms with E-state index in [0.717, 1.165) is 10.9 Å². The van der Waals surface area contributed by atoms with Crippen molar-refractivity contribution in [1.29, 1.82) is 0 Å². The smallest absolute Gasteiger partial charge is 0.134 e. The molecule has 62 valence electrons. The van der Waals surface area contributed by atoms with Crippen LogP contribution in [0.15, 0.2) is 18.2 Å². The number of hydrogen-bond donors (Lipinski definition) is 0. The molecule has 0 aliphatic carbocycles. The minimum atomic E-state index is 0.699. The summed E-state index contributed by atoms with van der Waals surface area (Å²) in [6.45, 7) is 2.04. The fourth-order valence-corrected chi connectivity index (χ4v) is 1.48. The summed E-state index contributed by atoms with van der Waals surface area (Å²) in [5.41, 5.74) is 2.17. The van der Waals surface area contributed by atoms with Crippen molar-refractivity contribution in [2.45, 2.75) is 6.92 Å². The maximum atomic E-state index is 5.99. The fourth-order valence-electron chi connectivity index (χ4n) is 1.28. The van der Waals surface area contributed by atoms with E-state index in [9.17, 15) is 0 Å². The lowest BCUT2D eigenvalue weighted by molar-refractivity contribution is 0.780. The van der Waals surface area contributed by atoms with Gasteiger partial charge in [0.25, 0.3) is 0 Å². The van der Waals surface area contributed by atoms with Gasteiger partial charge in [0.05, 0.1) is 5.52 Å². The first-order valence-corrected chi connectivity index (χ1v) is 4.15. The molecule has 0 saturated carbocycles. The highest BCUT2D eigenvalue weighted by Crippen LogP contribution is 2.22. The largest absolute Gasteiger partial charge is 0.256 e. The molecule has 0 unspecified atom stereocenters. The van der Waals surface area contributed by atoms with Crippen molar-refractivity contribution in [2.75, 3.05) is 0 Å². The van der Waals surface area contributed by atoms with E-state index < -0.39 is 0 Å². The SMILES string of the molecule is Cc1ccc2c(Cl)n(C)nc2c1. The first-order chi connectivity index (χ1) is 5.68. The molecule has 0 aliphatic rings. The van der Waals surface area contributed by atoms with Crippen LogP contribution in [0.3, 0.4) is 0 Å². The number of aryl methyl sites for hydroxylation is 2. The molecule has 0 bridgehead atoms. The standard InChI is InChI=1S/C9H9ClN2/c1-6-3-4-7-8(5-6)11-12(2)9(7)10/h3-5H,1-2H3. The normalized spacial score (nSPS) is 10.9. The summed E-state index contributed by atoms with van der Waals surface area (Å²) < 4.78 is 1.69. The van der Waals surface area contributed by atoms with Crippen LogP contribution in [0.1, 0.15) is 5.56 Å². The van der Waals surface area contributed by atoms with Gasteiger partial charge in [-0.05, 0) is 24.6 Å². The van der Waals surface area contributed by atoms with Gasteiger partial charge in [0.2, 0.25) is 0 Å². The van der Waals surface area contributed by atoms with Gasteiger partial charge < -0.3 is 0 Å². The average molecular weight is 181 g/mol. The highest BCUT2D eigenvalue weighted by Gasteiger charge is 2.04. The molecule has 0 amide bonds. The van der Waals surface area contributed by atoms with Gasteiger partial charge in [0.15, 0.2) is 0 Å². The molecule has 0 N–H and O–H groups in total. The number of nitrogens with zero attached hydrogens (tertiary/aromatic N) is 2. The number of benzene rings is 1. The van der Waals surface area contributed by atoms with Gasteiger partial charge in [0.1, 0.15) is 5.15 Å². The third-order valence-electron chi connectivity index (χ3n) is 1.92. The second-order valence-electron chi connectivity index (χ2n) is 2.94. The molecule has 3 heteroatoms. The van der Waals surface area contributed by atoms with Gasteiger partial charge in [-0.2, -0.15) is 5.10 Å². The highest BCUT2D eigenvalue weighted by atomic mass is 35.5. The molecule has 0 saturated heterocycles. The predicted molar refractivity (Wildman–Crippen MR) is 50.5 cm³/mol. The summed E-state index contributed by atoms with van der Waals surface area (Å²) in [5, 5.41) is 5.98. The predicted octanol–water partition coefficient (Wildman–Crippen LogP) is 2.54. The third kappa shape index (κ3) is 0.994. The lowest BCUT2D eigenvalue weighted by Gasteiger charge is -1.90. The fraction of sp³-hybridized carbons (Fsp3) is 0.222. The number of aromatic nitrogens is 2. The first-order valence-electron chi connectivity index (χ1n) is 3.77. The van der Waals surface area contributed by atoms with Gasteiger partial charge in [-0.3, -0.25) is 4.68 Å². The summed E-state index contributed by atoms with van der Waals surface area (Å²) in [4.78, 5) is 0. The number of rotatable bonds is 0. The Bertz CT molecular complexity index is 431. The Morgan fingerprint density at radius 1 is 1.42 bits per heavy atom. The van der Waals surface area contributed by atoms with Crippen molar-refractivity contribution in [1.82, 2.24) is 9.78 Å². The number of fused-ring (bicyclic) bond motifs is 1. The summed E-state index contributed by atoms with van der Waals surface area (Å²) >= 11 is 5.99. The molecule has 0 radical (unpaired) electrons. The van der Waals surface area contributed by atoms with Crippen LogP contribution in [0.5, 0.6) is 0 Å². The Morgan fingerprint density at radius 2 is 2.17 bits per heavy atom. The molecule has 2 nitrogen and oxygen atoms in total. The van der Waals surface area contributed by atoms with Crippen molar-refractivity contribution >= 4 is 22.5 Å². The molecule has 0 fully saturated rings. The van der Waals surface area contributed by atoms with E-state index in [1.807, 2.05) is 32.2 Å². The second-order valence-corrected chi connectivity index (χ2v) is 3.29. The molecule has 1 aromatic heterocycles. The highest BCUT2D eigenvalue weighted by molar-refractivity contribution is 6.34. The van der Waals surface area contributed by atoms with Gasteiger partial charge in [-0.25, -0.2) is 0 Å². The topological polar surface area (TPSA) is 17.8 Å². The minimum Gasteiger partial charge on any atom is -0.256 e. The summed E-state index contributed by atoms with van der Waals surface area (Å²) in [6, 6.07) is 6.07. The third-order valence-corrected chi connectivity index (χ3v) is 2.37. The summed E-state index contributed by atoms with van der Waals surface area (Å²) in [7, 11) is 1.84. The second kappa shape index (κ2) is 2.49. The summed E-state index contributed by atoms with van der Waals surface area (Å²) in [5.74, 6) is 0. The molecule has 1 aromatic carbocycles. The summed E-state index contributed by atoms with van der Waals surface area (Å²) in [6.07, 6.45) is 0. The molecule has 0 aliphatic heterocycles. The molecule has 2 aromatic rings. The van der Waals surface area contributed by atoms with E-state index >= 15 is 0 Å². The Hall–Kier alpha value is -1.02. The van der Waals surface area contributed by atoms with E-state index in [-0.39, 0.29) is 0 Å². The van der Waals surface area contributed by atoms with Gasteiger partial charge in [0, 0.05) is 12.4 Å². The lowest BCUT2D eigenvalue weighted by atomic mass is 10.2. The van der Waals surface area contributed by atoms with Crippen LogP contribution in [0.25, 0.3) is 10.9 Å². The number of halogens is 1. The zero-order chi connectivity index (χ0) is 8.72. The van der Waals surface area contributed by atoms with Crippen molar-refractivity contribution in [2.24, 2.45) is 7.05 Å². The Kier molecular flexibility index (Phi) is 1.58. The van der Waals surface area contributed by atoms with Crippen molar-refractivity contribution in [3.05, 3.63) is 28.9 Å². The van der Waals surface area contributed by atoms with Crippen molar-refractivity contribution in [3.63, 3.8) is 0 Å². The van der Waals surface area contributed by atoms with Crippen molar-refractivity contribution < 1.29 is 0 Å². The van der Waals surface area contributed by atoms with Gasteiger partial charge >= 0.3 is 0 Å². The van der Waals surface area contributed by atoms with Crippen LogP contribution >= 0.6 is 11.6 Å². The van der Waals surface area contributed by atoms with Crippen molar-refractivity contribution in [3.8, 4) is 0 Å². The molecular weight excluding hydrogens is 172 g/mol. The van der Waals surface area contributed by atoms with Crippen LogP contribution in [0.2, 0.25) is 5.15 Å². The van der Waals surface area contributed by atoms with Crippen LogP contribution < -0.4 is 0 Å². The Balaban J connectivity index is 2.87. The molecule has 12 heavy (non-hydrogen) atoms. The monoisotopic (exact) mass is 180 g/mol. The van der Waals surface area contributed by atoms with E-state index in [1.165, 1.54) is 5.56 Å². The van der Waals surface area contributed by atoms with Crippen LogP contribution in [0, 0.1) is 6.92 Å². The Labute approximate surface area is 75.8 Å². The van der Waals surface area contributed by atoms with E-state index in [0.29, 0.717) is 5.15 Å². The first kappa shape index (κ1) is 7.62. The Morgan fingerprint density at radius 3 is 2.92 bits per heavy atom. The van der Waals surface area contributed by atoms with E-state index in [4.69, 9.17) is 11.6 Å². The van der Waals surface area contributed by atoms with Gasteiger partial charge in [-0.15, -0.1) is 0 Å². The molecule has 1 heterocycles. The molecule has 0 atom stereocenters. The molecular formula is C9H9ClN2.